The summed E-state index contributed by atoms with van der Waals surface area (Å²) in [7, 11) is -1.97. The lowest BCUT2D eigenvalue weighted by molar-refractivity contribution is -0.0692. The molecule has 2 atom stereocenters. The molecule has 0 spiro atoms. The number of hydrogen-bond donors (Lipinski definition) is 1. The molecule has 0 unspecified atom stereocenters. The molecule has 3 heteroatoms. The Balaban J connectivity index is 3.03. The predicted octanol–water partition coefficient (Wildman–Crippen LogP) is 5.62. The summed E-state index contributed by atoms with van der Waals surface area (Å²) in [6, 6.07) is 0.846. The van der Waals surface area contributed by atoms with Crippen molar-refractivity contribution in [2.45, 2.75) is 84.2 Å². The molecule has 0 aromatic heterocycles. The first-order chi connectivity index (χ1) is 11.5. The van der Waals surface area contributed by atoms with Gasteiger partial charge in [0, 0.05) is 11.8 Å². The van der Waals surface area contributed by atoms with Crippen molar-refractivity contribution in [3.63, 3.8) is 0 Å². The molecule has 0 aromatic rings. The minimum Gasteiger partial charge on any atom is -0.401 e. The first-order valence-corrected chi connectivity index (χ1v) is 12.4. The number of hydrogen-bond acceptors (Lipinski definition) is 2. The number of unbranched alkanes of at least 4 members (excludes halogenated alkanes) is 1. The van der Waals surface area contributed by atoms with E-state index in [9.17, 15) is 5.11 Å². The van der Waals surface area contributed by atoms with Crippen LogP contribution in [-0.2, 0) is 4.43 Å². The second-order valence-electron chi connectivity index (χ2n) is 8.40. The van der Waals surface area contributed by atoms with E-state index in [1.165, 1.54) is 5.57 Å². The molecule has 0 radical (unpaired) electrons. The van der Waals surface area contributed by atoms with Crippen molar-refractivity contribution in [2.24, 2.45) is 5.41 Å². The van der Waals surface area contributed by atoms with Gasteiger partial charge in [0.2, 0.25) is 0 Å². The van der Waals surface area contributed by atoms with E-state index in [1.807, 2.05) is 19.9 Å². The van der Waals surface area contributed by atoms with Crippen molar-refractivity contribution in [2.75, 3.05) is 0 Å². The van der Waals surface area contributed by atoms with E-state index in [1.54, 1.807) is 0 Å². The molecule has 1 saturated carbocycles. The van der Waals surface area contributed by atoms with Gasteiger partial charge < -0.3 is 9.53 Å². The summed E-state index contributed by atoms with van der Waals surface area (Å²) >= 11 is 0. The lowest BCUT2D eigenvalue weighted by Crippen LogP contribution is -2.52. The largest absolute Gasteiger partial charge is 0.401 e. The molecular formula is C22H36O2Si. The average molecular weight is 361 g/mol. The molecule has 0 amide bonds. The van der Waals surface area contributed by atoms with Crippen LogP contribution in [0.15, 0.2) is 36.5 Å². The molecule has 1 fully saturated rings. The van der Waals surface area contributed by atoms with Crippen LogP contribution in [0.2, 0.25) is 19.1 Å². The monoisotopic (exact) mass is 360 g/mol. The molecule has 25 heavy (non-hydrogen) atoms. The van der Waals surface area contributed by atoms with Crippen LogP contribution in [0.5, 0.6) is 0 Å². The third-order valence-corrected chi connectivity index (χ3v) is 7.32. The van der Waals surface area contributed by atoms with Crippen LogP contribution >= 0.6 is 0 Å². The molecule has 0 bridgehead atoms. The highest BCUT2D eigenvalue weighted by molar-refractivity contribution is 6.71. The van der Waals surface area contributed by atoms with Crippen LogP contribution in [0.3, 0.4) is 0 Å². The Hall–Kier alpha value is -1.08. The molecule has 1 aliphatic carbocycles. The van der Waals surface area contributed by atoms with Gasteiger partial charge in [0.15, 0.2) is 8.32 Å². The maximum atomic E-state index is 11.4. The van der Waals surface area contributed by atoms with Gasteiger partial charge in [0.25, 0.3) is 0 Å². The summed E-state index contributed by atoms with van der Waals surface area (Å²) in [5, 5.41) is 11.4. The molecule has 2 nitrogen and oxygen atoms in total. The smallest absolute Gasteiger partial charge is 0.192 e. The van der Waals surface area contributed by atoms with Crippen molar-refractivity contribution in [3.8, 4) is 11.8 Å². The van der Waals surface area contributed by atoms with E-state index in [-0.39, 0.29) is 5.41 Å². The standard InChI is InChI=1S/C22H36O2Si/c1-9-17-25(7,8)24-20(14-12-10-11-13-18(2)3)21(6,23)22(15-16-22)19(4)5/h9,13,20,23H,1,4,10-11,15-17H2,2-3,5-8H3/t20-,21-/m0/s1. The van der Waals surface area contributed by atoms with Gasteiger partial charge in [-0.2, -0.15) is 0 Å². The number of allylic oxidation sites excluding steroid dienone is 3. The van der Waals surface area contributed by atoms with E-state index in [0.717, 1.165) is 37.3 Å². The quantitative estimate of drug-likeness (QED) is 0.250. The first kappa shape index (κ1) is 22.0. The fourth-order valence-electron chi connectivity index (χ4n) is 3.34. The Bertz CT molecular complexity index is 579. The zero-order valence-corrected chi connectivity index (χ0v) is 18.0. The first-order valence-electron chi connectivity index (χ1n) is 9.27. The van der Waals surface area contributed by atoms with Gasteiger partial charge in [-0.25, -0.2) is 0 Å². The van der Waals surface area contributed by atoms with E-state index in [4.69, 9.17) is 4.43 Å². The number of aliphatic hydroxyl groups is 1. The molecule has 0 saturated heterocycles. The van der Waals surface area contributed by atoms with Crippen LogP contribution in [0.1, 0.15) is 53.4 Å². The van der Waals surface area contributed by atoms with Gasteiger partial charge in [-0.1, -0.05) is 35.8 Å². The van der Waals surface area contributed by atoms with Crippen molar-refractivity contribution in [1.29, 1.82) is 0 Å². The van der Waals surface area contributed by atoms with Crippen molar-refractivity contribution >= 4 is 8.32 Å². The Morgan fingerprint density at radius 3 is 2.40 bits per heavy atom. The lowest BCUT2D eigenvalue weighted by Gasteiger charge is -2.41. The highest BCUT2D eigenvalue weighted by atomic mass is 28.4. The van der Waals surface area contributed by atoms with Crippen LogP contribution in [-0.4, -0.2) is 25.1 Å². The van der Waals surface area contributed by atoms with Crippen LogP contribution in [0.4, 0.5) is 0 Å². The normalized spacial score (nSPS) is 19.0. The Labute approximate surface area is 156 Å². The van der Waals surface area contributed by atoms with Crippen molar-refractivity contribution in [3.05, 3.63) is 36.5 Å². The van der Waals surface area contributed by atoms with Gasteiger partial charge in [-0.3, -0.25) is 0 Å². The topological polar surface area (TPSA) is 29.5 Å². The third kappa shape index (κ3) is 5.71. The maximum absolute atomic E-state index is 11.4. The molecule has 140 valence electrons. The molecule has 0 aliphatic heterocycles. The van der Waals surface area contributed by atoms with E-state index >= 15 is 0 Å². The maximum Gasteiger partial charge on any atom is 0.192 e. The highest BCUT2D eigenvalue weighted by Gasteiger charge is 2.60. The number of rotatable bonds is 9. The molecule has 0 aromatic carbocycles. The summed E-state index contributed by atoms with van der Waals surface area (Å²) in [6.45, 7) is 20.4. The van der Waals surface area contributed by atoms with E-state index in [2.05, 4.69) is 58.0 Å². The summed E-state index contributed by atoms with van der Waals surface area (Å²) in [5.41, 5.74) is 1.06. The summed E-state index contributed by atoms with van der Waals surface area (Å²) < 4.78 is 6.43. The van der Waals surface area contributed by atoms with Crippen LogP contribution in [0, 0.1) is 17.3 Å². The predicted molar refractivity (Wildman–Crippen MR) is 111 cm³/mol. The molecule has 0 heterocycles. The van der Waals surface area contributed by atoms with Gasteiger partial charge >= 0.3 is 0 Å². The Morgan fingerprint density at radius 1 is 1.36 bits per heavy atom. The zero-order chi connectivity index (χ0) is 19.3. The fourth-order valence-corrected chi connectivity index (χ4v) is 5.06. The van der Waals surface area contributed by atoms with Crippen molar-refractivity contribution < 1.29 is 9.53 Å². The summed E-state index contributed by atoms with van der Waals surface area (Å²) in [5.74, 6) is 6.49. The van der Waals surface area contributed by atoms with Gasteiger partial charge in [0.05, 0.1) is 0 Å². The zero-order valence-electron chi connectivity index (χ0n) is 17.0. The van der Waals surface area contributed by atoms with Gasteiger partial charge in [0.1, 0.15) is 11.7 Å². The van der Waals surface area contributed by atoms with E-state index in [0.29, 0.717) is 0 Å². The SMILES string of the molecule is C=CC[Si](C)(C)O[C@@H](C#CCCC=C(C)C)[C@](C)(O)C1(C(=C)C)CC1. The molecular weight excluding hydrogens is 324 g/mol. The molecule has 1 rings (SSSR count). The highest BCUT2D eigenvalue weighted by Crippen LogP contribution is 2.60. The molecule has 1 N–H and O–H groups in total. The average Bonchev–Trinajstić information content (AvgIpc) is 3.27. The Morgan fingerprint density at radius 2 is 1.96 bits per heavy atom. The second-order valence-corrected chi connectivity index (χ2v) is 12.6. The van der Waals surface area contributed by atoms with E-state index < -0.39 is 20.0 Å². The third-order valence-electron chi connectivity index (χ3n) is 5.17. The van der Waals surface area contributed by atoms with Gasteiger partial charge in [-0.05, 0) is 66.1 Å². The summed E-state index contributed by atoms with van der Waals surface area (Å²) in [6.07, 6.45) is 7.24. The Kier molecular flexibility index (Phi) is 7.50. The summed E-state index contributed by atoms with van der Waals surface area (Å²) in [4.78, 5) is 0. The van der Waals surface area contributed by atoms with Crippen LogP contribution < -0.4 is 0 Å². The van der Waals surface area contributed by atoms with Crippen LogP contribution in [0.25, 0.3) is 0 Å². The van der Waals surface area contributed by atoms with Gasteiger partial charge in [-0.15, -0.1) is 12.5 Å². The van der Waals surface area contributed by atoms with Crippen molar-refractivity contribution in [1.82, 2.24) is 0 Å². The molecule has 1 aliphatic rings. The lowest BCUT2D eigenvalue weighted by atomic mass is 9.77. The second kappa shape index (κ2) is 8.53. The fraction of sp³-hybridized carbons (Fsp3) is 0.636. The minimum absolute atomic E-state index is 0.259. The minimum atomic E-state index is -1.97.